The Labute approximate surface area is 139 Å². The van der Waals surface area contributed by atoms with E-state index in [0.29, 0.717) is 6.54 Å². The van der Waals surface area contributed by atoms with E-state index >= 15 is 0 Å². The average Bonchev–Trinajstić information content (AvgIpc) is 3.10. The van der Waals surface area contributed by atoms with Gasteiger partial charge in [0.15, 0.2) is 0 Å². The van der Waals surface area contributed by atoms with E-state index in [1.54, 1.807) is 12.4 Å². The number of benzene rings is 2. The Bertz CT molecular complexity index is 950. The number of fused-ring (bicyclic) bond motifs is 1. The van der Waals surface area contributed by atoms with Crippen LogP contribution in [-0.4, -0.2) is 14.4 Å². The third-order valence-electron chi connectivity index (χ3n) is 3.65. The quantitative estimate of drug-likeness (QED) is 0.601. The fourth-order valence-corrected chi connectivity index (χ4v) is 2.51. The highest BCUT2D eigenvalue weighted by Crippen LogP contribution is 2.22. The molecule has 0 atom stereocenters. The number of para-hydroxylation sites is 1. The van der Waals surface area contributed by atoms with E-state index in [1.807, 2.05) is 65.2 Å². The number of anilines is 1. The summed E-state index contributed by atoms with van der Waals surface area (Å²) in [5.74, 6) is 2.40. The van der Waals surface area contributed by atoms with Gasteiger partial charge < -0.3 is 10.1 Å². The molecule has 1 N–H and O–H groups in total. The standard InChI is InChI=1S/C19H16N4O/c1-2-6-16(7-3-1)24-17-8-4-5-15(13-17)14-22-19-21-10-9-18-20-11-12-23(18)19/h1-13H,14H2,(H,21,22). The molecule has 0 bridgehead atoms. The summed E-state index contributed by atoms with van der Waals surface area (Å²) in [4.78, 5) is 8.62. The van der Waals surface area contributed by atoms with Crippen molar-refractivity contribution >= 4 is 11.6 Å². The molecule has 5 heteroatoms. The highest BCUT2D eigenvalue weighted by atomic mass is 16.5. The van der Waals surface area contributed by atoms with E-state index in [4.69, 9.17) is 4.74 Å². The summed E-state index contributed by atoms with van der Waals surface area (Å²) in [6.45, 7) is 0.649. The summed E-state index contributed by atoms with van der Waals surface area (Å²) in [6, 6.07) is 19.6. The van der Waals surface area contributed by atoms with Crippen molar-refractivity contribution in [2.75, 3.05) is 5.32 Å². The van der Waals surface area contributed by atoms with Crippen LogP contribution in [-0.2, 0) is 6.54 Å². The SMILES string of the molecule is c1ccc(Oc2cccc(CNc3nccc4nccn34)c2)cc1. The first-order chi connectivity index (χ1) is 11.9. The highest BCUT2D eigenvalue weighted by molar-refractivity contribution is 5.45. The molecule has 0 saturated carbocycles. The molecular formula is C19H16N4O. The van der Waals surface area contributed by atoms with Gasteiger partial charge in [-0.25, -0.2) is 9.97 Å². The number of rotatable bonds is 5. The van der Waals surface area contributed by atoms with Crippen LogP contribution >= 0.6 is 0 Å². The molecule has 0 radical (unpaired) electrons. The molecule has 4 aromatic rings. The molecular weight excluding hydrogens is 300 g/mol. The van der Waals surface area contributed by atoms with E-state index < -0.39 is 0 Å². The zero-order chi connectivity index (χ0) is 16.2. The van der Waals surface area contributed by atoms with Crippen LogP contribution in [0.5, 0.6) is 11.5 Å². The third kappa shape index (κ3) is 3.05. The molecule has 118 valence electrons. The van der Waals surface area contributed by atoms with Crippen molar-refractivity contribution in [2.45, 2.75) is 6.54 Å². The highest BCUT2D eigenvalue weighted by Gasteiger charge is 2.03. The summed E-state index contributed by atoms with van der Waals surface area (Å²) in [5, 5.41) is 3.34. The van der Waals surface area contributed by atoms with Gasteiger partial charge in [0.2, 0.25) is 5.95 Å². The van der Waals surface area contributed by atoms with E-state index in [-0.39, 0.29) is 0 Å². The second-order valence-electron chi connectivity index (χ2n) is 5.34. The Morgan fingerprint density at radius 2 is 1.75 bits per heavy atom. The molecule has 0 aliphatic rings. The molecule has 0 aliphatic carbocycles. The van der Waals surface area contributed by atoms with E-state index in [2.05, 4.69) is 21.4 Å². The van der Waals surface area contributed by atoms with Gasteiger partial charge in [-0.1, -0.05) is 30.3 Å². The lowest BCUT2D eigenvalue weighted by molar-refractivity contribution is 0.482. The molecule has 0 saturated heterocycles. The van der Waals surface area contributed by atoms with Crippen LogP contribution in [0.25, 0.3) is 5.65 Å². The van der Waals surface area contributed by atoms with Gasteiger partial charge in [0.1, 0.15) is 17.1 Å². The molecule has 0 spiro atoms. The van der Waals surface area contributed by atoms with Crippen LogP contribution < -0.4 is 10.1 Å². The number of hydrogen-bond donors (Lipinski definition) is 1. The van der Waals surface area contributed by atoms with Crippen molar-refractivity contribution in [3.05, 3.63) is 84.8 Å². The molecule has 24 heavy (non-hydrogen) atoms. The lowest BCUT2D eigenvalue weighted by Crippen LogP contribution is -2.05. The average molecular weight is 316 g/mol. The van der Waals surface area contributed by atoms with Gasteiger partial charge in [-0.2, -0.15) is 0 Å². The lowest BCUT2D eigenvalue weighted by Gasteiger charge is -2.10. The van der Waals surface area contributed by atoms with E-state index in [9.17, 15) is 0 Å². The largest absolute Gasteiger partial charge is 0.457 e. The number of nitrogens with zero attached hydrogens (tertiary/aromatic N) is 3. The monoisotopic (exact) mass is 316 g/mol. The molecule has 0 fully saturated rings. The van der Waals surface area contributed by atoms with Gasteiger partial charge in [-0.3, -0.25) is 4.40 Å². The van der Waals surface area contributed by atoms with Crippen molar-refractivity contribution in [1.29, 1.82) is 0 Å². The maximum absolute atomic E-state index is 5.87. The number of hydrogen-bond acceptors (Lipinski definition) is 4. The molecule has 0 aliphatic heterocycles. The smallest absolute Gasteiger partial charge is 0.208 e. The lowest BCUT2D eigenvalue weighted by atomic mass is 10.2. The number of nitrogens with one attached hydrogen (secondary N) is 1. The number of aromatic nitrogens is 3. The van der Waals surface area contributed by atoms with Crippen molar-refractivity contribution in [1.82, 2.24) is 14.4 Å². The van der Waals surface area contributed by atoms with Crippen LogP contribution in [0.2, 0.25) is 0 Å². The Kier molecular flexibility index (Phi) is 3.81. The van der Waals surface area contributed by atoms with E-state index in [1.165, 1.54) is 0 Å². The summed E-state index contributed by atoms with van der Waals surface area (Å²) in [7, 11) is 0. The second kappa shape index (κ2) is 6.42. The molecule has 5 nitrogen and oxygen atoms in total. The van der Waals surface area contributed by atoms with Gasteiger partial charge in [0.25, 0.3) is 0 Å². The Balaban J connectivity index is 1.49. The molecule has 2 aromatic heterocycles. The fourth-order valence-electron chi connectivity index (χ4n) is 2.51. The second-order valence-corrected chi connectivity index (χ2v) is 5.34. The van der Waals surface area contributed by atoms with Crippen LogP contribution in [0.1, 0.15) is 5.56 Å². The first kappa shape index (κ1) is 14.3. The predicted octanol–water partition coefficient (Wildman–Crippen LogP) is 4.13. The van der Waals surface area contributed by atoms with Crippen LogP contribution in [0.3, 0.4) is 0 Å². The summed E-state index contributed by atoms with van der Waals surface area (Å²) < 4.78 is 7.79. The minimum atomic E-state index is 0.649. The number of ether oxygens (including phenoxy) is 1. The molecule has 2 aromatic carbocycles. The first-order valence-electron chi connectivity index (χ1n) is 7.72. The molecule has 2 heterocycles. The maximum Gasteiger partial charge on any atom is 0.208 e. The van der Waals surface area contributed by atoms with Crippen molar-refractivity contribution in [3.63, 3.8) is 0 Å². The van der Waals surface area contributed by atoms with Crippen LogP contribution in [0.4, 0.5) is 5.95 Å². The van der Waals surface area contributed by atoms with Crippen LogP contribution in [0.15, 0.2) is 79.3 Å². The van der Waals surface area contributed by atoms with Crippen molar-refractivity contribution in [2.24, 2.45) is 0 Å². The Morgan fingerprint density at radius 3 is 2.67 bits per heavy atom. The third-order valence-corrected chi connectivity index (χ3v) is 3.65. The Morgan fingerprint density at radius 1 is 0.875 bits per heavy atom. The molecule has 0 unspecified atom stereocenters. The maximum atomic E-state index is 5.87. The van der Waals surface area contributed by atoms with Gasteiger partial charge >= 0.3 is 0 Å². The number of imidazole rings is 1. The van der Waals surface area contributed by atoms with Gasteiger partial charge in [0, 0.05) is 25.1 Å². The minimum absolute atomic E-state index is 0.649. The molecule has 4 rings (SSSR count). The van der Waals surface area contributed by atoms with Crippen molar-refractivity contribution in [3.8, 4) is 11.5 Å². The zero-order valence-corrected chi connectivity index (χ0v) is 13.0. The summed E-state index contributed by atoms with van der Waals surface area (Å²) in [6.07, 6.45) is 5.40. The predicted molar refractivity (Wildman–Crippen MR) is 93.3 cm³/mol. The van der Waals surface area contributed by atoms with E-state index in [0.717, 1.165) is 28.7 Å². The topological polar surface area (TPSA) is 51.5 Å². The van der Waals surface area contributed by atoms with Gasteiger partial charge in [-0.15, -0.1) is 0 Å². The van der Waals surface area contributed by atoms with Crippen LogP contribution in [0, 0.1) is 0 Å². The Hall–Kier alpha value is -3.34. The molecule has 0 amide bonds. The fraction of sp³-hybridized carbons (Fsp3) is 0.0526. The normalized spacial score (nSPS) is 10.7. The van der Waals surface area contributed by atoms with Gasteiger partial charge in [0.05, 0.1) is 0 Å². The zero-order valence-electron chi connectivity index (χ0n) is 13.0. The van der Waals surface area contributed by atoms with Gasteiger partial charge in [-0.05, 0) is 35.9 Å². The summed E-state index contributed by atoms with van der Waals surface area (Å²) in [5.41, 5.74) is 1.98. The van der Waals surface area contributed by atoms with Crippen molar-refractivity contribution < 1.29 is 4.74 Å². The minimum Gasteiger partial charge on any atom is -0.457 e. The first-order valence-corrected chi connectivity index (χ1v) is 7.72. The summed E-state index contributed by atoms with van der Waals surface area (Å²) >= 11 is 0.